The number of carbonyl (C=O) groups excluding carboxylic acids is 3. The van der Waals surface area contributed by atoms with Gasteiger partial charge in [-0.1, -0.05) is 0 Å². The van der Waals surface area contributed by atoms with Crippen LogP contribution in [0.5, 0.6) is 11.5 Å². The number of hydrogen-bond acceptors (Lipinski definition) is 7. The van der Waals surface area contributed by atoms with Crippen molar-refractivity contribution < 1.29 is 28.6 Å². The second kappa shape index (κ2) is 8.56. The Labute approximate surface area is 162 Å². The number of hydrogen-bond donors (Lipinski definition) is 0. The van der Waals surface area contributed by atoms with Crippen LogP contribution < -0.4 is 9.47 Å². The van der Waals surface area contributed by atoms with E-state index in [-0.39, 0.29) is 17.8 Å². The summed E-state index contributed by atoms with van der Waals surface area (Å²) < 4.78 is 16.3. The number of likely N-dealkylation sites (N-methyl/N-ethyl adjacent to an activating group) is 1. The summed E-state index contributed by atoms with van der Waals surface area (Å²) in [5, 5.41) is -0.311. The molecular formula is C16H16INO6S. The van der Waals surface area contributed by atoms with Gasteiger partial charge >= 0.3 is 5.97 Å². The zero-order valence-electron chi connectivity index (χ0n) is 13.8. The lowest BCUT2D eigenvalue weighted by Crippen LogP contribution is -2.22. The summed E-state index contributed by atoms with van der Waals surface area (Å²) in [7, 11) is 2.72. The molecule has 7 nitrogen and oxygen atoms in total. The topological polar surface area (TPSA) is 82.1 Å². The Morgan fingerprint density at radius 1 is 1.32 bits per heavy atom. The van der Waals surface area contributed by atoms with Gasteiger partial charge in [-0.25, -0.2) is 4.79 Å². The molecule has 1 aromatic carbocycles. The SMILES string of the molecule is CCOc1cc(/C=C2\SC(=O)N(C)C2=O)cc(I)c1OCC(=O)OC. The molecule has 0 bridgehead atoms. The summed E-state index contributed by atoms with van der Waals surface area (Å²) in [6.07, 6.45) is 1.63. The van der Waals surface area contributed by atoms with Crippen molar-refractivity contribution in [1.82, 2.24) is 4.90 Å². The molecule has 1 aromatic rings. The van der Waals surface area contributed by atoms with Crippen molar-refractivity contribution in [2.24, 2.45) is 0 Å². The van der Waals surface area contributed by atoms with Gasteiger partial charge in [0.15, 0.2) is 18.1 Å². The standard InChI is InChI=1S/C16H16INO6S/c1-4-23-11-6-9(7-12-15(20)18(2)16(21)25-12)5-10(17)14(11)24-8-13(19)22-3/h5-7H,4,8H2,1-3H3/b12-7-. The number of ether oxygens (including phenoxy) is 3. The van der Waals surface area contributed by atoms with Crippen molar-refractivity contribution in [2.75, 3.05) is 27.4 Å². The molecule has 0 radical (unpaired) electrons. The largest absolute Gasteiger partial charge is 0.490 e. The first kappa shape index (κ1) is 19.6. The predicted octanol–water partition coefficient (Wildman–Crippen LogP) is 2.91. The fraction of sp³-hybridized carbons (Fsp3) is 0.312. The van der Waals surface area contributed by atoms with Crippen molar-refractivity contribution in [3.63, 3.8) is 0 Å². The van der Waals surface area contributed by atoms with E-state index in [0.29, 0.717) is 32.1 Å². The number of rotatable bonds is 6. The minimum Gasteiger partial charge on any atom is -0.490 e. The average molecular weight is 477 g/mol. The molecule has 1 heterocycles. The molecule has 2 amide bonds. The van der Waals surface area contributed by atoms with E-state index in [2.05, 4.69) is 27.3 Å². The van der Waals surface area contributed by atoms with Crippen molar-refractivity contribution in [1.29, 1.82) is 0 Å². The van der Waals surface area contributed by atoms with Crippen molar-refractivity contribution >= 4 is 57.5 Å². The van der Waals surface area contributed by atoms with Gasteiger partial charge in [-0.15, -0.1) is 0 Å². The Morgan fingerprint density at radius 3 is 2.60 bits per heavy atom. The first-order valence-electron chi connectivity index (χ1n) is 7.24. The Bertz CT molecular complexity index is 748. The van der Waals surface area contributed by atoms with Crippen LogP contribution in [0.1, 0.15) is 12.5 Å². The minimum atomic E-state index is -0.501. The van der Waals surface area contributed by atoms with E-state index in [9.17, 15) is 14.4 Å². The van der Waals surface area contributed by atoms with E-state index in [1.54, 1.807) is 18.2 Å². The monoisotopic (exact) mass is 477 g/mol. The lowest BCUT2D eigenvalue weighted by atomic mass is 10.2. The normalized spacial score (nSPS) is 15.7. The molecule has 1 aliphatic rings. The van der Waals surface area contributed by atoms with Gasteiger partial charge in [-0.05, 0) is 65.0 Å². The van der Waals surface area contributed by atoms with Crippen LogP contribution in [0.3, 0.4) is 0 Å². The van der Waals surface area contributed by atoms with Gasteiger partial charge in [0.25, 0.3) is 11.1 Å². The van der Waals surface area contributed by atoms with Gasteiger partial charge in [-0.2, -0.15) is 0 Å². The molecule has 25 heavy (non-hydrogen) atoms. The van der Waals surface area contributed by atoms with Gasteiger partial charge in [0.2, 0.25) is 0 Å². The third-order valence-electron chi connectivity index (χ3n) is 3.18. The number of esters is 1. The maximum atomic E-state index is 12.0. The van der Waals surface area contributed by atoms with Gasteiger partial charge < -0.3 is 14.2 Å². The van der Waals surface area contributed by atoms with E-state index < -0.39 is 5.97 Å². The molecule has 9 heteroatoms. The highest BCUT2D eigenvalue weighted by Gasteiger charge is 2.31. The predicted molar refractivity (Wildman–Crippen MR) is 102 cm³/mol. The van der Waals surface area contributed by atoms with E-state index in [0.717, 1.165) is 16.7 Å². The molecule has 134 valence electrons. The van der Waals surface area contributed by atoms with Crippen LogP contribution in [0, 0.1) is 3.57 Å². The zero-order valence-corrected chi connectivity index (χ0v) is 16.8. The number of benzene rings is 1. The zero-order chi connectivity index (χ0) is 18.6. The van der Waals surface area contributed by atoms with E-state index in [1.807, 2.05) is 6.92 Å². The Kier molecular flexibility index (Phi) is 6.71. The van der Waals surface area contributed by atoms with Gasteiger partial charge in [0, 0.05) is 7.05 Å². The van der Waals surface area contributed by atoms with Crippen LogP contribution in [0.25, 0.3) is 6.08 Å². The third-order valence-corrected chi connectivity index (χ3v) is 4.94. The number of thioether (sulfide) groups is 1. The maximum absolute atomic E-state index is 12.0. The molecule has 2 rings (SSSR count). The molecule has 1 aliphatic heterocycles. The maximum Gasteiger partial charge on any atom is 0.343 e. The van der Waals surface area contributed by atoms with Crippen LogP contribution in [-0.4, -0.2) is 49.4 Å². The molecule has 0 saturated carbocycles. The molecule has 0 unspecified atom stereocenters. The quantitative estimate of drug-likeness (QED) is 0.354. The molecule has 0 spiro atoms. The Morgan fingerprint density at radius 2 is 2.04 bits per heavy atom. The van der Waals surface area contributed by atoms with Gasteiger partial charge in [0.05, 0.1) is 22.2 Å². The van der Waals surface area contributed by atoms with Crippen LogP contribution in [0.4, 0.5) is 4.79 Å². The van der Waals surface area contributed by atoms with E-state index >= 15 is 0 Å². The first-order chi connectivity index (χ1) is 11.9. The van der Waals surface area contributed by atoms with Gasteiger partial charge in [0.1, 0.15) is 0 Å². The summed E-state index contributed by atoms with van der Waals surface area (Å²) in [5.74, 6) is 0.0295. The summed E-state index contributed by atoms with van der Waals surface area (Å²) >= 11 is 2.94. The van der Waals surface area contributed by atoms with Crippen LogP contribution in [-0.2, 0) is 14.3 Å². The Hall–Kier alpha value is -1.75. The lowest BCUT2D eigenvalue weighted by molar-refractivity contribution is -0.143. The highest BCUT2D eigenvalue weighted by Crippen LogP contribution is 2.37. The minimum absolute atomic E-state index is 0.235. The summed E-state index contributed by atoms with van der Waals surface area (Å²) in [5.41, 5.74) is 0.692. The van der Waals surface area contributed by atoms with Crippen LogP contribution in [0.15, 0.2) is 17.0 Å². The van der Waals surface area contributed by atoms with Crippen LogP contribution in [0.2, 0.25) is 0 Å². The summed E-state index contributed by atoms with van der Waals surface area (Å²) in [6, 6.07) is 3.47. The number of halogens is 1. The number of carbonyl (C=O) groups is 3. The van der Waals surface area contributed by atoms with E-state index in [1.165, 1.54) is 14.2 Å². The molecule has 0 N–H and O–H groups in total. The lowest BCUT2D eigenvalue weighted by Gasteiger charge is -2.14. The van der Waals surface area contributed by atoms with Crippen molar-refractivity contribution in [3.05, 3.63) is 26.2 Å². The number of amides is 2. The molecule has 0 aromatic heterocycles. The molecule has 1 saturated heterocycles. The molecule has 1 fully saturated rings. The number of nitrogens with zero attached hydrogens (tertiary/aromatic N) is 1. The van der Waals surface area contributed by atoms with E-state index in [4.69, 9.17) is 9.47 Å². The molecule has 0 aliphatic carbocycles. The fourth-order valence-electron chi connectivity index (χ4n) is 1.96. The fourth-order valence-corrected chi connectivity index (χ4v) is 3.57. The molecular weight excluding hydrogens is 461 g/mol. The van der Waals surface area contributed by atoms with Crippen LogP contribution >= 0.6 is 34.4 Å². The van der Waals surface area contributed by atoms with Crippen molar-refractivity contribution in [3.8, 4) is 11.5 Å². The summed E-state index contributed by atoms with van der Waals surface area (Å²) in [6.45, 7) is 1.99. The highest BCUT2D eigenvalue weighted by atomic mass is 127. The second-order valence-corrected chi connectivity index (χ2v) is 7.02. The second-order valence-electron chi connectivity index (χ2n) is 4.87. The number of imide groups is 1. The Balaban J connectivity index is 2.34. The highest BCUT2D eigenvalue weighted by molar-refractivity contribution is 14.1. The first-order valence-corrected chi connectivity index (χ1v) is 9.14. The molecule has 0 atom stereocenters. The average Bonchev–Trinajstić information content (AvgIpc) is 2.81. The summed E-state index contributed by atoms with van der Waals surface area (Å²) in [4.78, 5) is 36.3. The van der Waals surface area contributed by atoms with Crippen molar-refractivity contribution in [2.45, 2.75) is 6.92 Å². The smallest absolute Gasteiger partial charge is 0.343 e. The van der Waals surface area contributed by atoms with Gasteiger partial charge in [-0.3, -0.25) is 14.5 Å². The third kappa shape index (κ3) is 4.66. The number of methoxy groups -OCH3 is 1.